The zero-order chi connectivity index (χ0) is 14.4. The number of carboxylic acids is 1. The van der Waals surface area contributed by atoms with E-state index in [0.717, 1.165) is 4.47 Å². The molecule has 2 rings (SSSR count). The molecule has 0 bridgehead atoms. The topological polar surface area (TPSA) is 54.4 Å². The second-order valence-electron chi connectivity index (χ2n) is 6.16. The lowest BCUT2D eigenvalue weighted by Gasteiger charge is -2.28. The minimum atomic E-state index is -0.924. The van der Waals surface area contributed by atoms with Crippen LogP contribution in [0.25, 0.3) is 0 Å². The van der Waals surface area contributed by atoms with Crippen molar-refractivity contribution in [2.45, 2.75) is 27.2 Å². The number of aliphatic carboxylic acids is 1. The lowest BCUT2D eigenvalue weighted by molar-refractivity contribution is -0.148. The van der Waals surface area contributed by atoms with Crippen molar-refractivity contribution in [1.82, 2.24) is 0 Å². The van der Waals surface area contributed by atoms with E-state index in [2.05, 4.69) is 15.9 Å². The van der Waals surface area contributed by atoms with Crippen LogP contribution in [0.3, 0.4) is 0 Å². The highest BCUT2D eigenvalue weighted by Gasteiger charge is 2.69. The smallest absolute Gasteiger partial charge is 0.310 e. The van der Waals surface area contributed by atoms with Gasteiger partial charge in [0.25, 0.3) is 0 Å². The van der Waals surface area contributed by atoms with E-state index in [0.29, 0.717) is 12.0 Å². The zero-order valence-corrected chi connectivity index (χ0v) is 12.8. The van der Waals surface area contributed by atoms with Gasteiger partial charge in [0.05, 0.1) is 5.41 Å². The first-order valence-corrected chi connectivity index (χ1v) is 7.02. The van der Waals surface area contributed by atoms with Gasteiger partial charge in [-0.1, -0.05) is 48.8 Å². The van der Waals surface area contributed by atoms with E-state index in [9.17, 15) is 14.7 Å². The number of carboxylic acid groups (broad SMARTS) is 1. The highest BCUT2D eigenvalue weighted by atomic mass is 79.9. The van der Waals surface area contributed by atoms with Crippen molar-refractivity contribution in [3.05, 3.63) is 34.3 Å². The number of carbonyl (C=O) groups excluding carboxylic acids is 1. The molecule has 0 saturated heterocycles. The number of hydrogen-bond acceptors (Lipinski definition) is 2. The third-order valence-corrected chi connectivity index (χ3v) is 4.60. The van der Waals surface area contributed by atoms with Crippen molar-refractivity contribution >= 4 is 27.7 Å². The minimum absolute atomic E-state index is 0.0707. The first-order valence-electron chi connectivity index (χ1n) is 6.23. The Morgan fingerprint density at radius 2 is 2.00 bits per heavy atom. The van der Waals surface area contributed by atoms with Gasteiger partial charge in [0, 0.05) is 16.0 Å². The Bertz CT molecular complexity index is 545. The van der Waals surface area contributed by atoms with Crippen LogP contribution in [0.4, 0.5) is 0 Å². The highest BCUT2D eigenvalue weighted by Crippen LogP contribution is 2.64. The van der Waals surface area contributed by atoms with Gasteiger partial charge in [0.15, 0.2) is 5.78 Å². The molecule has 1 fully saturated rings. The number of Topliss-reactive ketones (excluding diaryl/α,β-unsaturated/α-hetero) is 1. The summed E-state index contributed by atoms with van der Waals surface area (Å²) in [5, 5.41) is 9.50. The fraction of sp³-hybridized carbons (Fsp3) is 0.467. The summed E-state index contributed by atoms with van der Waals surface area (Å²) in [5.74, 6) is -1.36. The predicted octanol–water partition coefficient (Wildman–Crippen LogP) is 3.77. The van der Waals surface area contributed by atoms with Crippen molar-refractivity contribution < 1.29 is 14.7 Å². The molecule has 1 aromatic carbocycles. The molecule has 0 radical (unpaired) electrons. The molecule has 0 amide bonds. The minimum Gasteiger partial charge on any atom is -0.481 e. The standard InChI is InChI=1S/C15H17BrO3/c1-14(2,3)15(13(18)19)8-11(15)12(17)9-5-4-6-10(16)7-9/h4-7,11H,8H2,1-3H3,(H,18,19). The van der Waals surface area contributed by atoms with Gasteiger partial charge in [-0.25, -0.2) is 0 Å². The molecule has 1 aromatic rings. The molecule has 19 heavy (non-hydrogen) atoms. The summed E-state index contributed by atoms with van der Waals surface area (Å²) >= 11 is 3.33. The summed E-state index contributed by atoms with van der Waals surface area (Å²) in [7, 11) is 0. The quantitative estimate of drug-likeness (QED) is 0.861. The van der Waals surface area contributed by atoms with Crippen LogP contribution in [0, 0.1) is 16.7 Å². The molecule has 1 N–H and O–H groups in total. The van der Waals surface area contributed by atoms with Crippen LogP contribution in [0.1, 0.15) is 37.6 Å². The molecule has 0 aromatic heterocycles. The first-order chi connectivity index (χ1) is 8.70. The lowest BCUT2D eigenvalue weighted by Crippen LogP contribution is -2.34. The fourth-order valence-corrected chi connectivity index (χ4v) is 3.21. The third kappa shape index (κ3) is 2.22. The molecule has 2 unspecified atom stereocenters. The van der Waals surface area contributed by atoms with Crippen LogP contribution in [-0.2, 0) is 4.79 Å². The average molecular weight is 325 g/mol. The summed E-state index contributed by atoms with van der Waals surface area (Å²) < 4.78 is 0.829. The molecular weight excluding hydrogens is 308 g/mol. The maximum Gasteiger partial charge on any atom is 0.310 e. The van der Waals surface area contributed by atoms with Crippen LogP contribution in [-0.4, -0.2) is 16.9 Å². The van der Waals surface area contributed by atoms with E-state index < -0.39 is 22.7 Å². The summed E-state index contributed by atoms with van der Waals surface area (Å²) in [5.41, 5.74) is -0.774. The Morgan fingerprint density at radius 3 is 2.42 bits per heavy atom. The summed E-state index contributed by atoms with van der Waals surface area (Å²) in [6.45, 7) is 5.65. The van der Waals surface area contributed by atoms with Crippen LogP contribution in [0.15, 0.2) is 28.7 Å². The summed E-state index contributed by atoms with van der Waals surface area (Å²) in [6, 6.07) is 7.12. The zero-order valence-electron chi connectivity index (χ0n) is 11.2. The predicted molar refractivity (Wildman–Crippen MR) is 76.1 cm³/mol. The summed E-state index contributed by atoms with van der Waals surface area (Å²) in [4.78, 5) is 24.0. The van der Waals surface area contributed by atoms with E-state index in [1.807, 2.05) is 26.8 Å². The second kappa shape index (κ2) is 4.44. The molecule has 1 saturated carbocycles. The van der Waals surface area contributed by atoms with Crippen LogP contribution in [0.5, 0.6) is 0 Å². The van der Waals surface area contributed by atoms with Gasteiger partial charge in [-0.2, -0.15) is 0 Å². The van der Waals surface area contributed by atoms with E-state index in [1.54, 1.807) is 18.2 Å². The van der Waals surface area contributed by atoms with E-state index >= 15 is 0 Å². The van der Waals surface area contributed by atoms with Gasteiger partial charge >= 0.3 is 5.97 Å². The molecule has 2 atom stereocenters. The molecule has 0 aliphatic heterocycles. The molecule has 4 heteroatoms. The van der Waals surface area contributed by atoms with Crippen molar-refractivity contribution in [2.75, 3.05) is 0 Å². The van der Waals surface area contributed by atoms with Crippen LogP contribution < -0.4 is 0 Å². The largest absolute Gasteiger partial charge is 0.481 e. The number of benzene rings is 1. The molecular formula is C15H17BrO3. The fourth-order valence-electron chi connectivity index (χ4n) is 2.81. The number of carbonyl (C=O) groups is 2. The Hall–Kier alpha value is -1.16. The Kier molecular flexibility index (Phi) is 3.33. The Morgan fingerprint density at radius 1 is 1.37 bits per heavy atom. The van der Waals surface area contributed by atoms with Gasteiger partial charge < -0.3 is 5.11 Å². The van der Waals surface area contributed by atoms with Gasteiger partial charge in [-0.15, -0.1) is 0 Å². The van der Waals surface area contributed by atoms with Crippen molar-refractivity contribution in [3.8, 4) is 0 Å². The van der Waals surface area contributed by atoms with Crippen LogP contribution in [0.2, 0.25) is 0 Å². The third-order valence-electron chi connectivity index (χ3n) is 4.11. The van der Waals surface area contributed by atoms with Crippen molar-refractivity contribution in [1.29, 1.82) is 0 Å². The highest BCUT2D eigenvalue weighted by molar-refractivity contribution is 9.10. The van der Waals surface area contributed by atoms with Crippen LogP contribution >= 0.6 is 15.9 Å². The molecule has 3 nitrogen and oxygen atoms in total. The van der Waals surface area contributed by atoms with Gasteiger partial charge in [-0.3, -0.25) is 9.59 Å². The molecule has 0 spiro atoms. The summed E-state index contributed by atoms with van der Waals surface area (Å²) in [6.07, 6.45) is 0.428. The Labute approximate surface area is 121 Å². The number of halogens is 1. The molecule has 0 heterocycles. The number of ketones is 1. The van der Waals surface area contributed by atoms with Crippen molar-refractivity contribution in [3.63, 3.8) is 0 Å². The number of hydrogen-bond donors (Lipinski definition) is 1. The first kappa shape index (κ1) is 14.3. The molecule has 1 aliphatic rings. The van der Waals surface area contributed by atoms with E-state index in [4.69, 9.17) is 0 Å². The normalized spacial score (nSPS) is 26.0. The SMILES string of the molecule is CC(C)(C)C1(C(=O)O)CC1C(=O)c1cccc(Br)c1. The number of rotatable bonds is 3. The second-order valence-corrected chi connectivity index (χ2v) is 7.07. The lowest BCUT2D eigenvalue weighted by atomic mass is 9.75. The van der Waals surface area contributed by atoms with Crippen molar-refractivity contribution in [2.24, 2.45) is 16.7 Å². The van der Waals surface area contributed by atoms with E-state index in [-0.39, 0.29) is 5.78 Å². The maximum atomic E-state index is 12.4. The van der Waals surface area contributed by atoms with Gasteiger partial charge in [0.1, 0.15) is 0 Å². The maximum absolute atomic E-state index is 12.4. The van der Waals surface area contributed by atoms with Gasteiger partial charge in [-0.05, 0) is 24.0 Å². The average Bonchev–Trinajstić information content (AvgIpc) is 3.03. The Balaban J connectivity index is 2.31. The molecule has 102 valence electrons. The van der Waals surface area contributed by atoms with E-state index in [1.165, 1.54) is 0 Å². The monoisotopic (exact) mass is 324 g/mol. The van der Waals surface area contributed by atoms with Gasteiger partial charge in [0.2, 0.25) is 0 Å². The molecule has 1 aliphatic carbocycles.